The summed E-state index contributed by atoms with van der Waals surface area (Å²) in [5.74, 6) is 1.33. The van der Waals surface area contributed by atoms with Crippen LogP contribution in [0.1, 0.15) is 18.4 Å². The van der Waals surface area contributed by atoms with E-state index in [9.17, 15) is 0 Å². The minimum absolute atomic E-state index is 0.628. The Labute approximate surface area is 94.9 Å². The van der Waals surface area contributed by atoms with Gasteiger partial charge < -0.3 is 4.42 Å². The number of hydrogen-bond donors (Lipinski definition) is 0. The summed E-state index contributed by atoms with van der Waals surface area (Å²) in [6.07, 6.45) is 5.52. The Kier molecular flexibility index (Phi) is 3.01. The lowest BCUT2D eigenvalue weighted by atomic mass is 10.2. The van der Waals surface area contributed by atoms with Crippen molar-refractivity contribution in [2.75, 3.05) is 0 Å². The fourth-order valence-electron chi connectivity index (χ4n) is 1.47. The second kappa shape index (κ2) is 4.62. The van der Waals surface area contributed by atoms with Crippen molar-refractivity contribution in [3.05, 3.63) is 54.4 Å². The molecule has 0 atom stereocenters. The van der Waals surface area contributed by atoms with E-state index in [0.717, 1.165) is 11.3 Å². The van der Waals surface area contributed by atoms with E-state index in [1.54, 1.807) is 6.08 Å². The summed E-state index contributed by atoms with van der Waals surface area (Å²) in [5, 5.41) is 0. The fourth-order valence-corrected chi connectivity index (χ4v) is 1.47. The Hall–Kier alpha value is -2.09. The summed E-state index contributed by atoms with van der Waals surface area (Å²) >= 11 is 0. The quantitative estimate of drug-likeness (QED) is 0.766. The first kappa shape index (κ1) is 10.4. The SMILES string of the molecule is C=Cc1oc(-c2ccccc2)nc1/C=C\C. The first-order valence-corrected chi connectivity index (χ1v) is 5.16. The third kappa shape index (κ3) is 1.96. The second-order valence-corrected chi connectivity index (χ2v) is 3.34. The molecule has 0 aliphatic rings. The molecule has 0 saturated carbocycles. The minimum atomic E-state index is 0.628. The molecule has 80 valence electrons. The Morgan fingerprint density at radius 3 is 2.62 bits per heavy atom. The molecule has 2 nitrogen and oxygen atoms in total. The van der Waals surface area contributed by atoms with Gasteiger partial charge in [0.15, 0.2) is 5.76 Å². The van der Waals surface area contributed by atoms with E-state index < -0.39 is 0 Å². The van der Waals surface area contributed by atoms with Gasteiger partial charge in [0.2, 0.25) is 5.89 Å². The van der Waals surface area contributed by atoms with Gasteiger partial charge in [-0.1, -0.05) is 30.9 Å². The maximum absolute atomic E-state index is 5.62. The number of nitrogens with zero attached hydrogens (tertiary/aromatic N) is 1. The molecule has 2 rings (SSSR count). The van der Waals surface area contributed by atoms with Gasteiger partial charge in [0, 0.05) is 5.56 Å². The van der Waals surface area contributed by atoms with Gasteiger partial charge in [-0.2, -0.15) is 0 Å². The van der Waals surface area contributed by atoms with Crippen molar-refractivity contribution in [2.45, 2.75) is 6.92 Å². The van der Waals surface area contributed by atoms with Crippen LogP contribution in [0.5, 0.6) is 0 Å². The van der Waals surface area contributed by atoms with Crippen LogP contribution in [0.3, 0.4) is 0 Å². The number of oxazole rings is 1. The van der Waals surface area contributed by atoms with Crippen molar-refractivity contribution in [1.82, 2.24) is 4.98 Å². The molecule has 0 bridgehead atoms. The average molecular weight is 211 g/mol. The number of aromatic nitrogens is 1. The van der Waals surface area contributed by atoms with Crippen LogP contribution in [0.25, 0.3) is 23.6 Å². The highest BCUT2D eigenvalue weighted by molar-refractivity contribution is 5.62. The molecule has 0 amide bonds. The van der Waals surface area contributed by atoms with Crippen LogP contribution >= 0.6 is 0 Å². The van der Waals surface area contributed by atoms with Gasteiger partial charge >= 0.3 is 0 Å². The predicted octanol–water partition coefficient (Wildman–Crippen LogP) is 4.02. The second-order valence-electron chi connectivity index (χ2n) is 3.34. The lowest BCUT2D eigenvalue weighted by molar-refractivity contribution is 0.564. The maximum atomic E-state index is 5.62. The van der Waals surface area contributed by atoms with E-state index in [0.29, 0.717) is 11.7 Å². The van der Waals surface area contributed by atoms with E-state index in [1.165, 1.54) is 0 Å². The van der Waals surface area contributed by atoms with Crippen LogP contribution in [-0.4, -0.2) is 4.98 Å². The van der Waals surface area contributed by atoms with Gasteiger partial charge in [-0.3, -0.25) is 0 Å². The fraction of sp³-hybridized carbons (Fsp3) is 0.0714. The zero-order chi connectivity index (χ0) is 11.4. The topological polar surface area (TPSA) is 26.0 Å². The van der Waals surface area contributed by atoms with E-state index >= 15 is 0 Å². The monoisotopic (exact) mass is 211 g/mol. The Bertz CT molecular complexity index is 509. The highest BCUT2D eigenvalue weighted by Gasteiger charge is 2.09. The maximum Gasteiger partial charge on any atom is 0.227 e. The Balaban J connectivity index is 2.48. The molecule has 0 unspecified atom stereocenters. The van der Waals surface area contributed by atoms with Gasteiger partial charge in [0.05, 0.1) is 0 Å². The van der Waals surface area contributed by atoms with Gasteiger partial charge in [0.1, 0.15) is 5.69 Å². The average Bonchev–Trinajstić information content (AvgIpc) is 2.74. The molecule has 2 aromatic rings. The summed E-state index contributed by atoms with van der Waals surface area (Å²) in [4.78, 5) is 4.42. The number of rotatable bonds is 3. The molecule has 0 spiro atoms. The number of allylic oxidation sites excluding steroid dienone is 1. The smallest absolute Gasteiger partial charge is 0.227 e. The highest BCUT2D eigenvalue weighted by Crippen LogP contribution is 2.23. The largest absolute Gasteiger partial charge is 0.436 e. The molecular formula is C14H13NO. The molecular weight excluding hydrogens is 198 g/mol. The zero-order valence-electron chi connectivity index (χ0n) is 9.18. The van der Waals surface area contributed by atoms with Crippen molar-refractivity contribution in [3.8, 4) is 11.5 Å². The van der Waals surface area contributed by atoms with Gasteiger partial charge in [-0.25, -0.2) is 4.98 Å². The molecule has 2 heteroatoms. The summed E-state index contributed by atoms with van der Waals surface area (Å²) in [5.41, 5.74) is 1.79. The molecule has 0 aliphatic heterocycles. The van der Waals surface area contributed by atoms with Crippen molar-refractivity contribution in [3.63, 3.8) is 0 Å². The predicted molar refractivity (Wildman–Crippen MR) is 66.7 cm³/mol. The molecule has 1 heterocycles. The van der Waals surface area contributed by atoms with Crippen LogP contribution in [0.15, 0.2) is 47.4 Å². The first-order chi connectivity index (χ1) is 7.85. The van der Waals surface area contributed by atoms with Gasteiger partial charge in [0.25, 0.3) is 0 Å². The zero-order valence-corrected chi connectivity index (χ0v) is 9.18. The van der Waals surface area contributed by atoms with E-state index in [1.807, 2.05) is 49.4 Å². The van der Waals surface area contributed by atoms with Gasteiger partial charge in [-0.15, -0.1) is 0 Å². The highest BCUT2D eigenvalue weighted by atomic mass is 16.4. The third-order valence-electron chi connectivity index (χ3n) is 2.21. The molecule has 0 N–H and O–H groups in total. The summed E-state index contributed by atoms with van der Waals surface area (Å²) in [6.45, 7) is 5.66. The van der Waals surface area contributed by atoms with Crippen LogP contribution < -0.4 is 0 Å². The Morgan fingerprint density at radius 2 is 2.00 bits per heavy atom. The van der Waals surface area contributed by atoms with Crippen molar-refractivity contribution in [1.29, 1.82) is 0 Å². The minimum Gasteiger partial charge on any atom is -0.436 e. The van der Waals surface area contributed by atoms with Crippen LogP contribution in [0.2, 0.25) is 0 Å². The lowest BCUT2D eigenvalue weighted by Gasteiger charge is -1.91. The summed E-state index contributed by atoms with van der Waals surface area (Å²) < 4.78 is 5.62. The summed E-state index contributed by atoms with van der Waals surface area (Å²) in [6, 6.07) is 9.83. The molecule has 0 fully saturated rings. The van der Waals surface area contributed by atoms with Crippen LogP contribution in [0.4, 0.5) is 0 Å². The number of benzene rings is 1. The van der Waals surface area contributed by atoms with Crippen molar-refractivity contribution >= 4 is 12.2 Å². The van der Waals surface area contributed by atoms with E-state index in [4.69, 9.17) is 4.42 Å². The normalized spacial score (nSPS) is 10.8. The van der Waals surface area contributed by atoms with Crippen molar-refractivity contribution in [2.24, 2.45) is 0 Å². The molecule has 1 aromatic carbocycles. The van der Waals surface area contributed by atoms with E-state index in [-0.39, 0.29) is 0 Å². The van der Waals surface area contributed by atoms with Gasteiger partial charge in [-0.05, 0) is 31.2 Å². The molecule has 0 aliphatic carbocycles. The molecule has 0 radical (unpaired) electrons. The van der Waals surface area contributed by atoms with Crippen LogP contribution in [0, 0.1) is 0 Å². The van der Waals surface area contributed by atoms with Crippen molar-refractivity contribution < 1.29 is 4.42 Å². The van der Waals surface area contributed by atoms with Crippen LogP contribution in [-0.2, 0) is 0 Å². The molecule has 16 heavy (non-hydrogen) atoms. The summed E-state index contributed by atoms with van der Waals surface area (Å²) in [7, 11) is 0. The lowest BCUT2D eigenvalue weighted by Crippen LogP contribution is -1.77. The molecule has 0 saturated heterocycles. The third-order valence-corrected chi connectivity index (χ3v) is 2.21. The Morgan fingerprint density at radius 1 is 1.25 bits per heavy atom. The van der Waals surface area contributed by atoms with E-state index in [2.05, 4.69) is 11.6 Å². The first-order valence-electron chi connectivity index (χ1n) is 5.16. The standard InChI is InChI=1S/C14H13NO/c1-3-8-12-13(4-2)16-14(15-12)11-9-6-5-7-10-11/h3-10H,2H2,1H3/b8-3-. The molecule has 1 aromatic heterocycles. The number of hydrogen-bond acceptors (Lipinski definition) is 2.